The van der Waals surface area contributed by atoms with E-state index in [4.69, 9.17) is 0 Å². The minimum absolute atomic E-state index is 0.0632. The van der Waals surface area contributed by atoms with Gasteiger partial charge in [-0.1, -0.05) is 51.2 Å². The molecule has 1 atom stereocenters. The highest BCUT2D eigenvalue weighted by Crippen LogP contribution is 2.13. The van der Waals surface area contributed by atoms with Crippen LogP contribution in [0.5, 0.6) is 0 Å². The van der Waals surface area contributed by atoms with Crippen LogP contribution in [0.1, 0.15) is 78.6 Å². The fourth-order valence-electron chi connectivity index (χ4n) is 2.61. The summed E-state index contributed by atoms with van der Waals surface area (Å²) < 4.78 is 0. The molecule has 0 aliphatic rings. The number of allylic oxidation sites excluding steroid dienone is 2. The van der Waals surface area contributed by atoms with Crippen molar-refractivity contribution in [2.45, 2.75) is 78.6 Å². The predicted molar refractivity (Wildman–Crippen MR) is 95.4 cm³/mol. The van der Waals surface area contributed by atoms with Crippen LogP contribution in [0.3, 0.4) is 0 Å². The van der Waals surface area contributed by atoms with Gasteiger partial charge in [0.05, 0.1) is 5.92 Å². The summed E-state index contributed by atoms with van der Waals surface area (Å²) in [6.45, 7) is 7.31. The van der Waals surface area contributed by atoms with Gasteiger partial charge >= 0.3 is 5.97 Å². The molecule has 0 saturated carbocycles. The Labute approximate surface area is 141 Å². The van der Waals surface area contributed by atoms with E-state index in [1.807, 2.05) is 19.9 Å². The van der Waals surface area contributed by atoms with Crippen molar-refractivity contribution in [3.8, 4) is 0 Å². The molecule has 1 amide bonds. The van der Waals surface area contributed by atoms with Crippen LogP contribution >= 0.6 is 0 Å². The van der Waals surface area contributed by atoms with Gasteiger partial charge in [-0.3, -0.25) is 9.59 Å². The van der Waals surface area contributed by atoms with Gasteiger partial charge in [0.25, 0.3) is 0 Å². The molecule has 0 radical (unpaired) electrons. The average Bonchev–Trinajstić information content (AvgIpc) is 2.53. The van der Waals surface area contributed by atoms with Crippen molar-refractivity contribution in [2.24, 2.45) is 5.92 Å². The summed E-state index contributed by atoms with van der Waals surface area (Å²) in [5.74, 6) is -1.55. The number of hydrogen-bond donors (Lipinski definition) is 1. The first kappa shape index (κ1) is 21.7. The second-order valence-electron chi connectivity index (χ2n) is 6.07. The minimum Gasteiger partial charge on any atom is -0.481 e. The zero-order valence-electron chi connectivity index (χ0n) is 15.2. The van der Waals surface area contributed by atoms with Crippen LogP contribution in [0.25, 0.3) is 0 Å². The number of carbonyl (C=O) groups is 2. The van der Waals surface area contributed by atoms with Gasteiger partial charge in [-0.15, -0.1) is 0 Å². The molecule has 1 unspecified atom stereocenters. The lowest BCUT2D eigenvalue weighted by atomic mass is 10.00. The smallest absolute Gasteiger partial charge is 0.307 e. The zero-order valence-corrected chi connectivity index (χ0v) is 15.2. The Hall–Kier alpha value is -1.32. The highest BCUT2D eigenvalue weighted by molar-refractivity contribution is 5.82. The van der Waals surface area contributed by atoms with Crippen molar-refractivity contribution in [1.82, 2.24) is 4.90 Å². The molecule has 0 bridgehead atoms. The van der Waals surface area contributed by atoms with Gasteiger partial charge in [-0.05, 0) is 33.1 Å². The Balaban J connectivity index is 4.02. The Kier molecular flexibility index (Phi) is 13.5. The molecule has 4 nitrogen and oxygen atoms in total. The summed E-state index contributed by atoms with van der Waals surface area (Å²) in [7, 11) is 0. The number of carboxylic acid groups (broad SMARTS) is 1. The molecule has 0 aliphatic carbocycles. The number of aliphatic carboxylic acids is 1. The lowest BCUT2D eigenvalue weighted by Gasteiger charge is -2.20. The fourth-order valence-corrected chi connectivity index (χ4v) is 2.61. The van der Waals surface area contributed by atoms with Crippen LogP contribution < -0.4 is 0 Å². The zero-order chi connectivity index (χ0) is 17.5. The maximum absolute atomic E-state index is 12.0. The molecule has 23 heavy (non-hydrogen) atoms. The van der Waals surface area contributed by atoms with Crippen molar-refractivity contribution in [2.75, 3.05) is 13.1 Å². The number of carbonyl (C=O) groups excluding carboxylic acids is 1. The summed E-state index contributed by atoms with van der Waals surface area (Å²) in [5, 5.41) is 9.27. The number of unbranched alkanes of at least 4 members (excludes halogenated alkanes) is 6. The molecular weight excluding hydrogens is 290 g/mol. The summed E-state index contributed by atoms with van der Waals surface area (Å²) in [6, 6.07) is 0. The molecule has 0 fully saturated rings. The normalized spacial score (nSPS) is 12.5. The Bertz CT molecular complexity index is 349. The van der Waals surface area contributed by atoms with Gasteiger partial charge in [0.1, 0.15) is 0 Å². The van der Waals surface area contributed by atoms with Gasteiger partial charge < -0.3 is 10.0 Å². The fraction of sp³-hybridized carbons (Fsp3) is 0.789. The number of hydrogen-bond acceptors (Lipinski definition) is 2. The summed E-state index contributed by atoms with van der Waals surface area (Å²) >= 11 is 0. The van der Waals surface area contributed by atoms with Gasteiger partial charge in [-0.25, -0.2) is 0 Å². The second kappa shape index (κ2) is 14.3. The first-order valence-electron chi connectivity index (χ1n) is 9.22. The third kappa shape index (κ3) is 10.9. The van der Waals surface area contributed by atoms with Gasteiger partial charge in [0.2, 0.25) is 5.91 Å². The number of carboxylic acids is 1. The minimum atomic E-state index is -0.880. The maximum atomic E-state index is 12.0. The SMILES string of the molecule is CCCCCCCC/C=C/CC(CC(=O)N(CC)CC)C(=O)O. The molecule has 0 spiro atoms. The lowest BCUT2D eigenvalue weighted by molar-refractivity contribution is -0.145. The average molecular weight is 325 g/mol. The van der Waals surface area contributed by atoms with Gasteiger partial charge in [0.15, 0.2) is 0 Å². The van der Waals surface area contributed by atoms with Gasteiger partial charge in [-0.2, -0.15) is 0 Å². The molecule has 0 aromatic heterocycles. The molecule has 0 rings (SSSR count). The Morgan fingerprint density at radius 3 is 2.13 bits per heavy atom. The van der Waals surface area contributed by atoms with Gasteiger partial charge in [0, 0.05) is 19.5 Å². The highest BCUT2D eigenvalue weighted by atomic mass is 16.4. The molecule has 0 heterocycles. The van der Waals surface area contributed by atoms with Crippen LogP contribution in [-0.2, 0) is 9.59 Å². The lowest BCUT2D eigenvalue weighted by Crippen LogP contribution is -2.33. The largest absolute Gasteiger partial charge is 0.481 e. The first-order chi connectivity index (χ1) is 11.1. The van der Waals surface area contributed by atoms with Crippen LogP contribution in [0.2, 0.25) is 0 Å². The molecule has 0 aliphatic heterocycles. The number of rotatable bonds is 14. The Morgan fingerprint density at radius 2 is 1.57 bits per heavy atom. The van der Waals surface area contributed by atoms with E-state index in [0.29, 0.717) is 19.5 Å². The van der Waals surface area contributed by atoms with E-state index in [1.54, 1.807) is 4.90 Å². The number of nitrogens with zero attached hydrogens (tertiary/aromatic N) is 1. The van der Waals surface area contributed by atoms with Crippen molar-refractivity contribution >= 4 is 11.9 Å². The van der Waals surface area contributed by atoms with Crippen LogP contribution in [0, 0.1) is 5.92 Å². The summed E-state index contributed by atoms with van der Waals surface area (Å²) in [4.78, 5) is 25.0. The standard InChI is InChI=1S/C19H35NO3/c1-4-7-8-9-10-11-12-13-14-15-17(19(22)23)16-18(21)20(5-2)6-3/h13-14,17H,4-12,15-16H2,1-3H3,(H,22,23)/b14-13+. The van der Waals surface area contributed by atoms with E-state index >= 15 is 0 Å². The second-order valence-corrected chi connectivity index (χ2v) is 6.07. The first-order valence-corrected chi connectivity index (χ1v) is 9.22. The van der Waals surface area contributed by atoms with Crippen molar-refractivity contribution in [1.29, 1.82) is 0 Å². The molecule has 1 N–H and O–H groups in total. The molecule has 0 saturated heterocycles. The monoisotopic (exact) mass is 325 g/mol. The summed E-state index contributed by atoms with van der Waals surface area (Å²) in [6.07, 6.45) is 13.1. The number of amides is 1. The topological polar surface area (TPSA) is 57.6 Å². The quantitative estimate of drug-likeness (QED) is 0.374. The van der Waals surface area contributed by atoms with E-state index < -0.39 is 11.9 Å². The molecule has 0 aromatic rings. The van der Waals surface area contributed by atoms with Crippen LogP contribution in [0.15, 0.2) is 12.2 Å². The van der Waals surface area contributed by atoms with Crippen molar-refractivity contribution < 1.29 is 14.7 Å². The van der Waals surface area contributed by atoms with E-state index in [0.717, 1.165) is 12.8 Å². The van der Waals surface area contributed by atoms with E-state index in [9.17, 15) is 14.7 Å². The van der Waals surface area contributed by atoms with E-state index in [-0.39, 0.29) is 12.3 Å². The van der Waals surface area contributed by atoms with E-state index in [1.165, 1.54) is 32.1 Å². The van der Waals surface area contributed by atoms with E-state index in [2.05, 4.69) is 13.0 Å². The molecule has 0 aromatic carbocycles. The van der Waals surface area contributed by atoms with Crippen LogP contribution in [-0.4, -0.2) is 35.0 Å². The van der Waals surface area contributed by atoms with Crippen molar-refractivity contribution in [3.05, 3.63) is 12.2 Å². The maximum Gasteiger partial charge on any atom is 0.307 e. The highest BCUT2D eigenvalue weighted by Gasteiger charge is 2.22. The summed E-state index contributed by atoms with van der Waals surface area (Å²) in [5.41, 5.74) is 0. The third-order valence-corrected chi connectivity index (χ3v) is 4.20. The molecule has 134 valence electrons. The van der Waals surface area contributed by atoms with Crippen molar-refractivity contribution in [3.63, 3.8) is 0 Å². The molecule has 4 heteroatoms. The predicted octanol–water partition coefficient (Wildman–Crippen LogP) is 4.64. The third-order valence-electron chi connectivity index (χ3n) is 4.20. The Morgan fingerprint density at radius 1 is 0.957 bits per heavy atom. The van der Waals surface area contributed by atoms with Crippen LogP contribution in [0.4, 0.5) is 0 Å². The molecular formula is C19H35NO3.